The zero-order valence-corrected chi connectivity index (χ0v) is 15.8. The summed E-state index contributed by atoms with van der Waals surface area (Å²) in [5.41, 5.74) is 1.28. The number of benzene rings is 1. The van der Waals surface area contributed by atoms with E-state index in [9.17, 15) is 14.0 Å². The lowest BCUT2D eigenvalue weighted by Crippen LogP contribution is -2.35. The molecule has 4 rings (SSSR count). The second kappa shape index (κ2) is 8.08. The van der Waals surface area contributed by atoms with Crippen LogP contribution in [0.4, 0.5) is 4.39 Å². The molecule has 2 fully saturated rings. The largest absolute Gasteiger partial charge is 0.338 e. The molecule has 2 aromatic rings. The lowest BCUT2D eigenvalue weighted by Gasteiger charge is -2.25. The van der Waals surface area contributed by atoms with Gasteiger partial charge in [0.1, 0.15) is 5.82 Å². The van der Waals surface area contributed by atoms with Crippen molar-refractivity contribution in [3.05, 3.63) is 47.5 Å². The van der Waals surface area contributed by atoms with Crippen LogP contribution in [0.2, 0.25) is 0 Å². The van der Waals surface area contributed by atoms with Gasteiger partial charge in [0, 0.05) is 45.1 Å². The van der Waals surface area contributed by atoms with Gasteiger partial charge in [0.25, 0.3) is 5.91 Å². The van der Waals surface area contributed by atoms with Gasteiger partial charge in [-0.25, -0.2) is 4.39 Å². The monoisotopic (exact) mass is 385 g/mol. The standard InChI is InChI=1S/C20H24FN5O2/c21-17-6-4-15(5-7-17)11-25-12-16(10-19(25)27)13-26-14-18(22-23-26)20(28)24-8-2-1-3-9-24/h4-7,14,16H,1-3,8-13H2. The van der Waals surface area contributed by atoms with E-state index in [1.807, 2.05) is 4.90 Å². The summed E-state index contributed by atoms with van der Waals surface area (Å²) >= 11 is 0. The molecule has 2 saturated heterocycles. The summed E-state index contributed by atoms with van der Waals surface area (Å²) in [5.74, 6) is -0.145. The van der Waals surface area contributed by atoms with Crippen LogP contribution < -0.4 is 0 Å². The first-order valence-electron chi connectivity index (χ1n) is 9.80. The average Bonchev–Trinajstić information content (AvgIpc) is 3.30. The lowest BCUT2D eigenvalue weighted by molar-refractivity contribution is -0.128. The van der Waals surface area contributed by atoms with Crippen molar-refractivity contribution in [2.45, 2.75) is 38.8 Å². The normalized spacial score (nSPS) is 20.0. The Morgan fingerprint density at radius 1 is 1.14 bits per heavy atom. The number of aromatic nitrogens is 3. The van der Waals surface area contributed by atoms with E-state index >= 15 is 0 Å². The number of carbonyl (C=O) groups is 2. The summed E-state index contributed by atoms with van der Waals surface area (Å²) in [6.07, 6.45) is 5.36. The van der Waals surface area contributed by atoms with Gasteiger partial charge < -0.3 is 9.80 Å². The molecule has 2 aliphatic heterocycles. The van der Waals surface area contributed by atoms with Crippen LogP contribution in [-0.2, 0) is 17.9 Å². The van der Waals surface area contributed by atoms with Crippen molar-refractivity contribution in [3.63, 3.8) is 0 Å². The first-order valence-corrected chi connectivity index (χ1v) is 9.80. The summed E-state index contributed by atoms with van der Waals surface area (Å²) in [7, 11) is 0. The highest BCUT2D eigenvalue weighted by Crippen LogP contribution is 2.22. The van der Waals surface area contributed by atoms with E-state index in [1.165, 1.54) is 18.6 Å². The fourth-order valence-electron chi connectivity index (χ4n) is 3.95. The van der Waals surface area contributed by atoms with Crippen LogP contribution in [0.5, 0.6) is 0 Å². The molecule has 0 N–H and O–H groups in total. The Kier molecular flexibility index (Phi) is 5.36. The molecule has 0 bridgehead atoms. The van der Waals surface area contributed by atoms with E-state index in [-0.39, 0.29) is 23.5 Å². The number of hydrogen-bond donors (Lipinski definition) is 0. The number of likely N-dealkylation sites (tertiary alicyclic amines) is 2. The molecule has 2 amide bonds. The van der Waals surface area contributed by atoms with Crippen molar-refractivity contribution in [1.29, 1.82) is 0 Å². The van der Waals surface area contributed by atoms with Crippen molar-refractivity contribution in [2.75, 3.05) is 19.6 Å². The van der Waals surface area contributed by atoms with Gasteiger partial charge in [0.15, 0.2) is 5.69 Å². The number of piperidine rings is 1. The molecule has 0 aliphatic carbocycles. The van der Waals surface area contributed by atoms with Gasteiger partial charge in [-0.15, -0.1) is 5.10 Å². The lowest BCUT2D eigenvalue weighted by atomic mass is 10.1. The molecule has 3 heterocycles. The summed E-state index contributed by atoms with van der Waals surface area (Å²) in [4.78, 5) is 28.4. The Hall–Kier alpha value is -2.77. The van der Waals surface area contributed by atoms with Crippen molar-refractivity contribution in [2.24, 2.45) is 5.92 Å². The summed E-state index contributed by atoms with van der Waals surface area (Å²) in [6, 6.07) is 6.21. The van der Waals surface area contributed by atoms with Crippen LogP contribution in [-0.4, -0.2) is 56.2 Å². The molecule has 7 nitrogen and oxygen atoms in total. The van der Waals surface area contributed by atoms with Crippen LogP contribution in [0.25, 0.3) is 0 Å². The zero-order valence-electron chi connectivity index (χ0n) is 15.8. The third kappa shape index (κ3) is 4.21. The highest BCUT2D eigenvalue weighted by molar-refractivity contribution is 5.92. The SMILES string of the molecule is O=C1CC(Cn2cc(C(=O)N3CCCCC3)nn2)CN1Cc1ccc(F)cc1. The van der Waals surface area contributed by atoms with E-state index in [1.54, 1.807) is 27.9 Å². The maximum Gasteiger partial charge on any atom is 0.276 e. The predicted octanol–water partition coefficient (Wildman–Crippen LogP) is 2.09. The van der Waals surface area contributed by atoms with E-state index in [2.05, 4.69) is 10.3 Å². The maximum atomic E-state index is 13.0. The first kappa shape index (κ1) is 18.6. The van der Waals surface area contributed by atoms with Crippen LogP contribution >= 0.6 is 0 Å². The van der Waals surface area contributed by atoms with Crippen molar-refractivity contribution in [1.82, 2.24) is 24.8 Å². The van der Waals surface area contributed by atoms with Crippen LogP contribution in [0.15, 0.2) is 30.5 Å². The number of nitrogens with zero attached hydrogens (tertiary/aromatic N) is 5. The fourth-order valence-corrected chi connectivity index (χ4v) is 3.95. The van der Waals surface area contributed by atoms with Crippen LogP contribution in [0.1, 0.15) is 41.7 Å². The number of hydrogen-bond acceptors (Lipinski definition) is 4. The van der Waals surface area contributed by atoms with Gasteiger partial charge in [-0.2, -0.15) is 0 Å². The smallest absolute Gasteiger partial charge is 0.276 e. The average molecular weight is 385 g/mol. The van der Waals surface area contributed by atoms with E-state index in [0.717, 1.165) is 31.5 Å². The van der Waals surface area contributed by atoms with E-state index in [0.29, 0.717) is 31.7 Å². The first-order chi connectivity index (χ1) is 13.6. The molecule has 2 aliphatic rings. The molecule has 1 aromatic heterocycles. The van der Waals surface area contributed by atoms with Crippen molar-refractivity contribution < 1.29 is 14.0 Å². The molecular formula is C20H24FN5O2. The highest BCUT2D eigenvalue weighted by atomic mass is 19.1. The summed E-state index contributed by atoms with van der Waals surface area (Å²) in [5, 5.41) is 8.12. The molecule has 148 valence electrons. The molecule has 1 aromatic carbocycles. The van der Waals surface area contributed by atoms with E-state index < -0.39 is 0 Å². The van der Waals surface area contributed by atoms with Gasteiger partial charge in [-0.05, 0) is 37.0 Å². The Morgan fingerprint density at radius 2 is 1.89 bits per heavy atom. The molecule has 0 spiro atoms. The van der Waals surface area contributed by atoms with Crippen LogP contribution in [0.3, 0.4) is 0 Å². The van der Waals surface area contributed by atoms with Gasteiger partial charge in [-0.3, -0.25) is 14.3 Å². The van der Waals surface area contributed by atoms with Crippen molar-refractivity contribution in [3.8, 4) is 0 Å². The molecule has 28 heavy (non-hydrogen) atoms. The molecule has 0 saturated carbocycles. The summed E-state index contributed by atoms with van der Waals surface area (Å²) in [6.45, 7) is 3.20. The number of halogens is 1. The Morgan fingerprint density at radius 3 is 2.64 bits per heavy atom. The quantitative estimate of drug-likeness (QED) is 0.790. The predicted molar refractivity (Wildman–Crippen MR) is 99.7 cm³/mol. The summed E-state index contributed by atoms with van der Waals surface area (Å²) < 4.78 is 14.7. The third-order valence-electron chi connectivity index (χ3n) is 5.43. The number of amides is 2. The second-order valence-corrected chi connectivity index (χ2v) is 7.65. The van der Waals surface area contributed by atoms with Gasteiger partial charge in [0.05, 0.1) is 6.20 Å². The van der Waals surface area contributed by atoms with Gasteiger partial charge in [-0.1, -0.05) is 17.3 Å². The minimum Gasteiger partial charge on any atom is -0.338 e. The minimum absolute atomic E-state index is 0.0635. The number of rotatable bonds is 5. The molecule has 0 radical (unpaired) electrons. The fraction of sp³-hybridized carbons (Fsp3) is 0.500. The highest BCUT2D eigenvalue weighted by Gasteiger charge is 2.30. The molecule has 8 heteroatoms. The van der Waals surface area contributed by atoms with Crippen LogP contribution in [0, 0.1) is 11.7 Å². The maximum absolute atomic E-state index is 13.0. The molecular weight excluding hydrogens is 361 g/mol. The molecule has 1 unspecified atom stereocenters. The molecule has 1 atom stereocenters. The van der Waals surface area contributed by atoms with Gasteiger partial charge >= 0.3 is 0 Å². The second-order valence-electron chi connectivity index (χ2n) is 7.65. The third-order valence-corrected chi connectivity index (χ3v) is 5.43. The van der Waals surface area contributed by atoms with E-state index in [4.69, 9.17) is 0 Å². The minimum atomic E-state index is -0.282. The van der Waals surface area contributed by atoms with Crippen molar-refractivity contribution >= 4 is 11.8 Å². The Bertz CT molecular complexity index is 845. The Labute approximate surface area is 163 Å². The van der Waals surface area contributed by atoms with Gasteiger partial charge in [0.2, 0.25) is 5.91 Å². The zero-order chi connectivity index (χ0) is 19.5. The Balaban J connectivity index is 1.33. The topological polar surface area (TPSA) is 71.3 Å². The number of carbonyl (C=O) groups excluding carboxylic acids is 2.